The molecule has 0 radical (unpaired) electrons. The minimum absolute atomic E-state index is 0.152. The Bertz CT molecular complexity index is 286. The van der Waals surface area contributed by atoms with Crippen LogP contribution in [0, 0.1) is 0 Å². The third kappa shape index (κ3) is 2.97. The molecule has 1 saturated carbocycles. The van der Waals surface area contributed by atoms with Crippen LogP contribution in [0.2, 0.25) is 0 Å². The van der Waals surface area contributed by atoms with E-state index in [1.807, 2.05) is 0 Å². The van der Waals surface area contributed by atoms with Gasteiger partial charge in [0, 0.05) is 19.2 Å². The van der Waals surface area contributed by atoms with E-state index in [4.69, 9.17) is 9.47 Å². The van der Waals surface area contributed by atoms with E-state index in [2.05, 4.69) is 4.90 Å². The topological polar surface area (TPSA) is 41.9 Å². The summed E-state index contributed by atoms with van der Waals surface area (Å²) in [7, 11) is 0. The molecular weight excluding hydrogens is 242 g/mol. The summed E-state index contributed by atoms with van der Waals surface area (Å²) in [6, 6.07) is 0.769. The second-order valence-corrected chi connectivity index (χ2v) is 6.39. The van der Waals surface area contributed by atoms with Crippen molar-refractivity contribution in [3.05, 3.63) is 0 Å². The van der Waals surface area contributed by atoms with Crippen molar-refractivity contribution in [2.45, 2.75) is 62.6 Å². The first-order chi connectivity index (χ1) is 9.33. The highest BCUT2D eigenvalue weighted by molar-refractivity contribution is 4.94. The highest BCUT2D eigenvalue weighted by Gasteiger charge is 2.41. The standard InChI is InChI=1S/C15H27NO3/c17-11-14-12-18-9-7-16(14)13-4-8-19-15(10-13)5-2-1-3-6-15/h13-14,17H,1-12H2. The van der Waals surface area contributed by atoms with Gasteiger partial charge in [-0.3, -0.25) is 4.90 Å². The molecule has 2 unspecified atom stereocenters. The lowest BCUT2D eigenvalue weighted by Gasteiger charge is -2.49. The summed E-state index contributed by atoms with van der Waals surface area (Å²) in [4.78, 5) is 2.49. The quantitative estimate of drug-likeness (QED) is 0.826. The van der Waals surface area contributed by atoms with Crippen molar-refractivity contribution < 1.29 is 14.6 Å². The largest absolute Gasteiger partial charge is 0.395 e. The van der Waals surface area contributed by atoms with Gasteiger partial charge in [-0.05, 0) is 25.7 Å². The van der Waals surface area contributed by atoms with Gasteiger partial charge >= 0.3 is 0 Å². The molecule has 0 amide bonds. The van der Waals surface area contributed by atoms with Crippen molar-refractivity contribution in [2.75, 3.05) is 33.0 Å². The molecule has 19 heavy (non-hydrogen) atoms. The van der Waals surface area contributed by atoms with Crippen LogP contribution in [0.25, 0.3) is 0 Å². The fraction of sp³-hybridized carbons (Fsp3) is 1.00. The van der Waals surface area contributed by atoms with E-state index in [0.717, 1.165) is 32.6 Å². The van der Waals surface area contributed by atoms with E-state index >= 15 is 0 Å². The van der Waals surface area contributed by atoms with E-state index in [1.54, 1.807) is 0 Å². The van der Waals surface area contributed by atoms with Crippen LogP contribution in [0.5, 0.6) is 0 Å². The van der Waals surface area contributed by atoms with Crippen molar-refractivity contribution >= 4 is 0 Å². The van der Waals surface area contributed by atoms with Crippen molar-refractivity contribution in [1.29, 1.82) is 0 Å². The lowest BCUT2D eigenvalue weighted by Crippen LogP contribution is -2.57. The number of morpholine rings is 1. The summed E-state index contributed by atoms with van der Waals surface area (Å²) < 4.78 is 11.7. The molecule has 4 nitrogen and oxygen atoms in total. The highest BCUT2D eigenvalue weighted by atomic mass is 16.5. The molecule has 2 aliphatic heterocycles. The Hall–Kier alpha value is -0.160. The molecule has 2 saturated heterocycles. The average molecular weight is 269 g/mol. The molecule has 1 spiro atoms. The predicted molar refractivity (Wildman–Crippen MR) is 73.2 cm³/mol. The maximum absolute atomic E-state index is 9.54. The Morgan fingerprint density at radius 3 is 2.79 bits per heavy atom. The summed E-state index contributed by atoms with van der Waals surface area (Å²) in [6.07, 6.45) is 8.74. The van der Waals surface area contributed by atoms with Gasteiger partial charge < -0.3 is 14.6 Å². The first kappa shape index (κ1) is 13.8. The Morgan fingerprint density at radius 1 is 1.16 bits per heavy atom. The van der Waals surface area contributed by atoms with Gasteiger partial charge in [-0.1, -0.05) is 19.3 Å². The first-order valence-electron chi connectivity index (χ1n) is 7.91. The fourth-order valence-electron chi connectivity index (χ4n) is 4.14. The zero-order chi connectivity index (χ0) is 13.1. The van der Waals surface area contributed by atoms with E-state index < -0.39 is 0 Å². The zero-order valence-electron chi connectivity index (χ0n) is 11.9. The molecule has 3 aliphatic rings. The number of hydrogen-bond acceptors (Lipinski definition) is 4. The van der Waals surface area contributed by atoms with Crippen molar-refractivity contribution in [2.24, 2.45) is 0 Å². The molecule has 0 bridgehead atoms. The van der Waals surface area contributed by atoms with E-state index in [9.17, 15) is 5.11 Å². The van der Waals surface area contributed by atoms with Gasteiger partial charge in [0.1, 0.15) is 0 Å². The van der Waals surface area contributed by atoms with Crippen molar-refractivity contribution in [1.82, 2.24) is 4.90 Å². The van der Waals surface area contributed by atoms with Crippen LogP contribution < -0.4 is 0 Å². The van der Waals surface area contributed by atoms with Crippen molar-refractivity contribution in [3.63, 3.8) is 0 Å². The van der Waals surface area contributed by atoms with E-state index in [1.165, 1.54) is 32.1 Å². The van der Waals surface area contributed by atoms with Crippen LogP contribution in [0.15, 0.2) is 0 Å². The van der Waals surface area contributed by atoms with Gasteiger partial charge in [0.2, 0.25) is 0 Å². The van der Waals surface area contributed by atoms with Gasteiger partial charge in [0.15, 0.2) is 0 Å². The lowest BCUT2D eigenvalue weighted by molar-refractivity contribution is -0.143. The van der Waals surface area contributed by atoms with Crippen LogP contribution in [-0.2, 0) is 9.47 Å². The number of rotatable bonds is 2. The van der Waals surface area contributed by atoms with Crippen LogP contribution in [0.4, 0.5) is 0 Å². The SMILES string of the molecule is OCC1COCCN1C1CCOC2(CCCCC2)C1. The molecule has 1 aliphatic carbocycles. The Balaban J connectivity index is 1.66. The maximum Gasteiger partial charge on any atom is 0.0697 e. The molecular formula is C15H27NO3. The summed E-state index contributed by atoms with van der Waals surface area (Å²) in [5.74, 6) is 0. The van der Waals surface area contributed by atoms with Gasteiger partial charge in [0.05, 0.1) is 31.5 Å². The average Bonchev–Trinajstić information content (AvgIpc) is 2.48. The summed E-state index contributed by atoms with van der Waals surface area (Å²) in [5, 5.41) is 9.54. The Labute approximate surface area is 116 Å². The zero-order valence-corrected chi connectivity index (χ0v) is 11.9. The van der Waals surface area contributed by atoms with Crippen LogP contribution in [0.3, 0.4) is 0 Å². The molecule has 3 rings (SSSR count). The molecule has 0 aromatic heterocycles. The fourth-order valence-corrected chi connectivity index (χ4v) is 4.14. The number of hydrogen-bond donors (Lipinski definition) is 1. The van der Waals surface area contributed by atoms with Gasteiger partial charge in [-0.2, -0.15) is 0 Å². The third-order valence-corrected chi connectivity index (χ3v) is 5.18. The summed E-state index contributed by atoms with van der Waals surface area (Å²) >= 11 is 0. The normalized spacial score (nSPS) is 36.5. The second kappa shape index (κ2) is 6.08. The minimum atomic E-state index is 0.152. The summed E-state index contributed by atoms with van der Waals surface area (Å²) in [6.45, 7) is 3.55. The number of aliphatic hydroxyl groups is 1. The number of aliphatic hydroxyl groups excluding tert-OH is 1. The number of nitrogens with zero attached hydrogens (tertiary/aromatic N) is 1. The highest BCUT2D eigenvalue weighted by Crippen LogP contribution is 2.40. The molecule has 0 aromatic rings. The van der Waals surface area contributed by atoms with E-state index in [0.29, 0.717) is 12.6 Å². The van der Waals surface area contributed by atoms with Crippen molar-refractivity contribution in [3.8, 4) is 0 Å². The monoisotopic (exact) mass is 269 g/mol. The van der Waals surface area contributed by atoms with Gasteiger partial charge in [-0.15, -0.1) is 0 Å². The maximum atomic E-state index is 9.54. The van der Waals surface area contributed by atoms with Gasteiger partial charge in [-0.25, -0.2) is 0 Å². The molecule has 3 fully saturated rings. The lowest BCUT2D eigenvalue weighted by atomic mass is 9.77. The molecule has 4 heteroatoms. The van der Waals surface area contributed by atoms with E-state index in [-0.39, 0.29) is 18.2 Å². The summed E-state index contributed by atoms with van der Waals surface area (Å²) in [5.41, 5.74) is 0.152. The smallest absolute Gasteiger partial charge is 0.0697 e. The number of ether oxygens (including phenoxy) is 2. The van der Waals surface area contributed by atoms with Gasteiger partial charge in [0.25, 0.3) is 0 Å². The van der Waals surface area contributed by atoms with Crippen LogP contribution in [0.1, 0.15) is 44.9 Å². The third-order valence-electron chi connectivity index (χ3n) is 5.18. The molecule has 110 valence electrons. The molecule has 2 heterocycles. The van der Waals surface area contributed by atoms with Crippen LogP contribution in [-0.4, -0.2) is 60.7 Å². The minimum Gasteiger partial charge on any atom is -0.395 e. The Morgan fingerprint density at radius 2 is 2.00 bits per heavy atom. The first-order valence-corrected chi connectivity index (χ1v) is 7.91. The Kier molecular flexibility index (Phi) is 4.42. The second-order valence-electron chi connectivity index (χ2n) is 6.39. The van der Waals surface area contributed by atoms with Crippen LogP contribution >= 0.6 is 0 Å². The molecule has 2 atom stereocenters. The molecule has 1 N–H and O–H groups in total. The molecule has 0 aromatic carbocycles. The predicted octanol–water partition coefficient (Wildman–Crippen LogP) is 1.56.